The second-order valence-electron chi connectivity index (χ2n) is 3.21. The number of nitrogens with zero attached hydrogens (tertiary/aromatic N) is 3. The van der Waals surface area contributed by atoms with E-state index in [0.717, 1.165) is 15.9 Å². The van der Waals surface area contributed by atoms with Gasteiger partial charge in [0.2, 0.25) is 5.82 Å². The third kappa shape index (κ3) is 1.58. The van der Waals surface area contributed by atoms with Gasteiger partial charge in [0.25, 0.3) is 0 Å². The van der Waals surface area contributed by atoms with Crippen LogP contribution in [0.2, 0.25) is 0 Å². The molecule has 0 atom stereocenters. The monoisotopic (exact) mass is 249 g/mol. The van der Waals surface area contributed by atoms with Crippen LogP contribution in [0.4, 0.5) is 13.2 Å². The van der Waals surface area contributed by atoms with E-state index in [9.17, 15) is 18.0 Å². The maximum Gasteiger partial charge on any atom is 0.451 e. The fraction of sp³-hybridized carbons (Fsp3) is 0.375. The second-order valence-corrected chi connectivity index (χ2v) is 4.17. The Balaban J connectivity index is 2.85. The lowest BCUT2D eigenvalue weighted by Crippen LogP contribution is -2.14. The van der Waals surface area contributed by atoms with Crippen LogP contribution < -0.4 is 4.87 Å². The van der Waals surface area contributed by atoms with Gasteiger partial charge in [-0.05, 0) is 6.92 Å². The van der Waals surface area contributed by atoms with Crippen molar-refractivity contribution in [3.05, 3.63) is 21.2 Å². The zero-order valence-electron chi connectivity index (χ0n) is 8.29. The fourth-order valence-electron chi connectivity index (χ4n) is 1.26. The molecule has 0 fully saturated rings. The molecule has 4 nitrogen and oxygen atoms in total. The number of aryl methyl sites for hydroxylation is 2. The van der Waals surface area contributed by atoms with Gasteiger partial charge in [-0.3, -0.25) is 9.36 Å². The SMILES string of the molecule is Cc1nc(C(F)(F)F)nc2c1sc(=O)n2C. The van der Waals surface area contributed by atoms with Gasteiger partial charge in [0.15, 0.2) is 5.65 Å². The molecule has 86 valence electrons. The van der Waals surface area contributed by atoms with Crippen LogP contribution in [0.5, 0.6) is 0 Å². The maximum absolute atomic E-state index is 12.4. The highest BCUT2D eigenvalue weighted by Gasteiger charge is 2.35. The molecule has 0 bridgehead atoms. The first-order valence-electron chi connectivity index (χ1n) is 4.22. The highest BCUT2D eigenvalue weighted by Crippen LogP contribution is 2.28. The summed E-state index contributed by atoms with van der Waals surface area (Å²) in [4.78, 5) is 17.6. The molecule has 0 spiro atoms. The Morgan fingerprint density at radius 1 is 1.31 bits per heavy atom. The summed E-state index contributed by atoms with van der Waals surface area (Å²) in [6, 6.07) is 0. The van der Waals surface area contributed by atoms with E-state index in [2.05, 4.69) is 9.97 Å². The first-order valence-corrected chi connectivity index (χ1v) is 5.03. The van der Waals surface area contributed by atoms with E-state index in [4.69, 9.17) is 0 Å². The normalized spacial score (nSPS) is 12.3. The molecule has 0 aliphatic rings. The zero-order chi connectivity index (χ0) is 12.1. The molecule has 2 rings (SSSR count). The fourth-order valence-corrected chi connectivity index (χ4v) is 2.13. The lowest BCUT2D eigenvalue weighted by Gasteiger charge is -2.05. The van der Waals surface area contributed by atoms with Crippen LogP contribution in [-0.2, 0) is 13.2 Å². The summed E-state index contributed by atoms with van der Waals surface area (Å²) in [5, 5.41) is 0. The Morgan fingerprint density at radius 2 is 1.94 bits per heavy atom. The smallest absolute Gasteiger partial charge is 0.286 e. The molecule has 0 N–H and O–H groups in total. The second kappa shape index (κ2) is 3.27. The number of thiazole rings is 1. The molecule has 0 saturated carbocycles. The van der Waals surface area contributed by atoms with Crippen LogP contribution in [0.25, 0.3) is 10.3 Å². The standard InChI is InChI=1S/C8H6F3N3OS/c1-3-4-5(14(2)7(15)16-4)13-6(12-3)8(9,10)11/h1-2H3. The van der Waals surface area contributed by atoms with Crippen LogP contribution >= 0.6 is 11.3 Å². The lowest BCUT2D eigenvalue weighted by molar-refractivity contribution is -0.144. The Morgan fingerprint density at radius 3 is 2.50 bits per heavy atom. The van der Waals surface area contributed by atoms with Crippen LogP contribution in [0.3, 0.4) is 0 Å². The highest BCUT2D eigenvalue weighted by molar-refractivity contribution is 7.16. The van der Waals surface area contributed by atoms with E-state index in [1.807, 2.05) is 0 Å². The van der Waals surface area contributed by atoms with Crippen molar-refractivity contribution in [2.45, 2.75) is 13.1 Å². The lowest BCUT2D eigenvalue weighted by atomic mass is 10.4. The molecule has 0 aliphatic heterocycles. The third-order valence-electron chi connectivity index (χ3n) is 2.05. The van der Waals surface area contributed by atoms with Gasteiger partial charge in [0, 0.05) is 7.05 Å². The first kappa shape index (κ1) is 11.1. The van der Waals surface area contributed by atoms with Crippen molar-refractivity contribution < 1.29 is 13.2 Å². The summed E-state index contributed by atoms with van der Waals surface area (Å²) >= 11 is 0.840. The van der Waals surface area contributed by atoms with Gasteiger partial charge >= 0.3 is 11.0 Å². The molecule has 2 heterocycles. The number of halogens is 3. The topological polar surface area (TPSA) is 47.8 Å². The van der Waals surface area contributed by atoms with Gasteiger partial charge < -0.3 is 0 Å². The van der Waals surface area contributed by atoms with E-state index in [-0.39, 0.29) is 16.2 Å². The van der Waals surface area contributed by atoms with E-state index >= 15 is 0 Å². The molecule has 0 saturated heterocycles. The van der Waals surface area contributed by atoms with Crippen molar-refractivity contribution in [3.63, 3.8) is 0 Å². The molecule has 2 aromatic heterocycles. The van der Waals surface area contributed by atoms with Crippen molar-refractivity contribution in [2.75, 3.05) is 0 Å². The Kier molecular flexibility index (Phi) is 2.26. The van der Waals surface area contributed by atoms with E-state index in [1.54, 1.807) is 0 Å². The van der Waals surface area contributed by atoms with Crippen molar-refractivity contribution >= 4 is 21.7 Å². The molecule has 0 aromatic carbocycles. The van der Waals surface area contributed by atoms with Gasteiger partial charge in [-0.15, -0.1) is 0 Å². The first-order chi connectivity index (χ1) is 7.30. The van der Waals surface area contributed by atoms with Gasteiger partial charge in [0.1, 0.15) is 0 Å². The van der Waals surface area contributed by atoms with Gasteiger partial charge in [0.05, 0.1) is 10.4 Å². The average molecular weight is 249 g/mol. The molecule has 8 heteroatoms. The summed E-state index contributed by atoms with van der Waals surface area (Å²) in [5.74, 6) is -1.22. The zero-order valence-corrected chi connectivity index (χ0v) is 9.11. The van der Waals surface area contributed by atoms with Crippen LogP contribution in [0.15, 0.2) is 4.79 Å². The van der Waals surface area contributed by atoms with Gasteiger partial charge in [-0.1, -0.05) is 11.3 Å². The average Bonchev–Trinajstić information content (AvgIpc) is 2.44. The summed E-state index contributed by atoms with van der Waals surface area (Å²) in [7, 11) is 1.38. The van der Waals surface area contributed by atoms with Crippen LogP contribution in [0.1, 0.15) is 11.5 Å². The predicted octanol–water partition coefficient (Wildman–Crippen LogP) is 1.72. The molecule has 2 aromatic rings. The number of fused-ring (bicyclic) bond motifs is 1. The number of alkyl halides is 3. The molecule has 0 aliphatic carbocycles. The highest BCUT2D eigenvalue weighted by atomic mass is 32.1. The Labute approximate surface area is 91.4 Å². The molecule has 0 unspecified atom stereocenters. The number of aromatic nitrogens is 3. The third-order valence-corrected chi connectivity index (χ3v) is 3.18. The van der Waals surface area contributed by atoms with Crippen molar-refractivity contribution in [2.24, 2.45) is 7.05 Å². The molecule has 0 amide bonds. The van der Waals surface area contributed by atoms with Crippen LogP contribution in [-0.4, -0.2) is 14.5 Å². The Hall–Kier alpha value is -1.44. The summed E-state index contributed by atoms with van der Waals surface area (Å²) in [6.07, 6.45) is -4.60. The maximum atomic E-state index is 12.4. The minimum atomic E-state index is -4.60. The summed E-state index contributed by atoms with van der Waals surface area (Å²) in [6.45, 7) is 1.43. The molecule has 0 radical (unpaired) electrons. The number of hydrogen-bond acceptors (Lipinski definition) is 4. The van der Waals surface area contributed by atoms with E-state index in [1.165, 1.54) is 14.0 Å². The van der Waals surface area contributed by atoms with Gasteiger partial charge in [-0.2, -0.15) is 13.2 Å². The number of hydrogen-bond donors (Lipinski definition) is 0. The quantitative estimate of drug-likeness (QED) is 0.714. The number of rotatable bonds is 0. The van der Waals surface area contributed by atoms with E-state index < -0.39 is 12.0 Å². The predicted molar refractivity (Wildman–Crippen MR) is 52.4 cm³/mol. The minimum absolute atomic E-state index is 0.0230. The summed E-state index contributed by atoms with van der Waals surface area (Å²) < 4.78 is 38.8. The minimum Gasteiger partial charge on any atom is -0.286 e. The molecular formula is C8H6F3N3OS. The van der Waals surface area contributed by atoms with Crippen molar-refractivity contribution in [1.82, 2.24) is 14.5 Å². The van der Waals surface area contributed by atoms with Gasteiger partial charge in [-0.25, -0.2) is 9.97 Å². The van der Waals surface area contributed by atoms with Crippen LogP contribution in [0, 0.1) is 6.92 Å². The molecule has 16 heavy (non-hydrogen) atoms. The summed E-state index contributed by atoms with van der Waals surface area (Å²) in [5.41, 5.74) is 0.190. The van der Waals surface area contributed by atoms with Crippen molar-refractivity contribution in [1.29, 1.82) is 0 Å². The van der Waals surface area contributed by atoms with E-state index in [0.29, 0.717) is 4.70 Å². The largest absolute Gasteiger partial charge is 0.451 e. The Bertz CT molecular complexity index is 613. The molecular weight excluding hydrogens is 243 g/mol. The van der Waals surface area contributed by atoms with Crippen molar-refractivity contribution in [3.8, 4) is 0 Å².